The molecule has 72 valence electrons. The molecule has 0 radical (unpaired) electrons. The van der Waals surface area contributed by atoms with Crippen molar-refractivity contribution in [1.82, 2.24) is 0 Å². The van der Waals surface area contributed by atoms with Crippen LogP contribution in [-0.4, -0.2) is 0 Å². The van der Waals surface area contributed by atoms with Crippen LogP contribution in [0.3, 0.4) is 0 Å². The van der Waals surface area contributed by atoms with Crippen molar-refractivity contribution in [3.8, 4) is 0 Å². The van der Waals surface area contributed by atoms with Crippen LogP contribution >= 0.6 is 0 Å². The maximum absolute atomic E-state index is 13.3. The molecule has 0 spiro atoms. The van der Waals surface area contributed by atoms with Gasteiger partial charge >= 0.3 is 0 Å². The molecule has 0 amide bonds. The van der Waals surface area contributed by atoms with Crippen LogP contribution < -0.4 is 5.73 Å². The van der Waals surface area contributed by atoms with Gasteiger partial charge in [-0.2, -0.15) is 0 Å². The quantitative estimate of drug-likeness (QED) is 0.762. The Morgan fingerprint density at radius 1 is 1.38 bits per heavy atom. The zero-order valence-corrected chi connectivity index (χ0v) is 8.13. The minimum atomic E-state index is -0.199. The average Bonchev–Trinajstić information content (AvgIpc) is 2.16. The van der Waals surface area contributed by atoms with Gasteiger partial charge in [-0.05, 0) is 12.0 Å². The summed E-state index contributed by atoms with van der Waals surface area (Å²) in [6, 6.07) is 6.53. The van der Waals surface area contributed by atoms with Crippen molar-refractivity contribution in [2.45, 2.75) is 26.3 Å². The van der Waals surface area contributed by atoms with Crippen molar-refractivity contribution in [2.24, 2.45) is 11.7 Å². The van der Waals surface area contributed by atoms with Crippen LogP contribution in [0.1, 0.15) is 31.9 Å². The third-order valence-electron chi connectivity index (χ3n) is 2.52. The lowest BCUT2D eigenvalue weighted by Gasteiger charge is -2.18. The van der Waals surface area contributed by atoms with E-state index in [2.05, 4.69) is 6.92 Å². The SMILES string of the molecule is CCC(C)[C@H](N)c1ccccc1F. The number of hydrogen-bond donors (Lipinski definition) is 1. The molecule has 1 aromatic rings. The van der Waals surface area contributed by atoms with Gasteiger partial charge in [0.05, 0.1) is 0 Å². The Balaban J connectivity index is 2.88. The summed E-state index contributed by atoms with van der Waals surface area (Å²) in [5.41, 5.74) is 6.53. The number of nitrogens with two attached hydrogens (primary N) is 1. The number of halogens is 1. The minimum absolute atomic E-state index is 0.189. The van der Waals surface area contributed by atoms with Gasteiger partial charge in [-0.1, -0.05) is 38.5 Å². The molecule has 1 unspecified atom stereocenters. The fourth-order valence-electron chi connectivity index (χ4n) is 1.31. The minimum Gasteiger partial charge on any atom is -0.324 e. The van der Waals surface area contributed by atoms with Gasteiger partial charge in [0.2, 0.25) is 0 Å². The summed E-state index contributed by atoms with van der Waals surface area (Å²) in [5.74, 6) is 0.118. The summed E-state index contributed by atoms with van der Waals surface area (Å²) in [4.78, 5) is 0. The van der Waals surface area contributed by atoms with Crippen LogP contribution in [0.25, 0.3) is 0 Å². The van der Waals surface area contributed by atoms with Gasteiger partial charge in [0, 0.05) is 11.6 Å². The molecule has 1 aromatic carbocycles. The lowest BCUT2D eigenvalue weighted by Crippen LogP contribution is -2.19. The highest BCUT2D eigenvalue weighted by atomic mass is 19.1. The van der Waals surface area contributed by atoms with E-state index in [1.807, 2.05) is 13.0 Å². The topological polar surface area (TPSA) is 26.0 Å². The Hall–Kier alpha value is -0.890. The zero-order chi connectivity index (χ0) is 9.84. The molecule has 0 aliphatic heterocycles. The molecule has 0 heterocycles. The van der Waals surface area contributed by atoms with E-state index in [0.29, 0.717) is 11.5 Å². The van der Waals surface area contributed by atoms with E-state index in [1.54, 1.807) is 12.1 Å². The third-order valence-corrected chi connectivity index (χ3v) is 2.52. The van der Waals surface area contributed by atoms with Crippen molar-refractivity contribution in [2.75, 3.05) is 0 Å². The Labute approximate surface area is 78.8 Å². The zero-order valence-electron chi connectivity index (χ0n) is 8.13. The molecular weight excluding hydrogens is 165 g/mol. The van der Waals surface area contributed by atoms with Crippen LogP contribution in [0.2, 0.25) is 0 Å². The maximum Gasteiger partial charge on any atom is 0.127 e. The van der Waals surface area contributed by atoms with E-state index >= 15 is 0 Å². The first-order valence-electron chi connectivity index (χ1n) is 4.66. The smallest absolute Gasteiger partial charge is 0.127 e. The Bertz CT molecular complexity index is 273. The number of benzene rings is 1. The predicted octanol–water partition coefficient (Wildman–Crippen LogP) is 2.87. The molecule has 13 heavy (non-hydrogen) atoms. The third kappa shape index (κ3) is 2.28. The first-order chi connectivity index (χ1) is 6.16. The fourth-order valence-corrected chi connectivity index (χ4v) is 1.31. The average molecular weight is 181 g/mol. The molecule has 1 nitrogen and oxygen atoms in total. The van der Waals surface area contributed by atoms with E-state index in [0.717, 1.165) is 6.42 Å². The second kappa shape index (κ2) is 4.38. The molecule has 0 aliphatic rings. The highest BCUT2D eigenvalue weighted by molar-refractivity contribution is 5.21. The van der Waals surface area contributed by atoms with Gasteiger partial charge in [-0.15, -0.1) is 0 Å². The second-order valence-corrected chi connectivity index (χ2v) is 3.43. The summed E-state index contributed by atoms with van der Waals surface area (Å²) in [6.45, 7) is 4.10. The highest BCUT2D eigenvalue weighted by Crippen LogP contribution is 2.23. The van der Waals surface area contributed by atoms with Crippen LogP contribution in [0, 0.1) is 11.7 Å². The maximum atomic E-state index is 13.3. The van der Waals surface area contributed by atoms with Crippen LogP contribution in [0.5, 0.6) is 0 Å². The largest absolute Gasteiger partial charge is 0.324 e. The standard InChI is InChI=1S/C11H16FN/c1-3-8(2)11(13)9-6-4-5-7-10(9)12/h4-8,11H,3,13H2,1-2H3/t8?,11-/m0/s1. The molecule has 1 rings (SSSR count). The molecule has 0 aliphatic carbocycles. The Morgan fingerprint density at radius 3 is 2.54 bits per heavy atom. The molecule has 0 saturated heterocycles. The summed E-state index contributed by atoms with van der Waals surface area (Å²) >= 11 is 0. The second-order valence-electron chi connectivity index (χ2n) is 3.43. The number of hydrogen-bond acceptors (Lipinski definition) is 1. The first kappa shape index (κ1) is 10.2. The van der Waals surface area contributed by atoms with E-state index < -0.39 is 0 Å². The summed E-state index contributed by atoms with van der Waals surface area (Å²) < 4.78 is 13.3. The Kier molecular flexibility index (Phi) is 3.43. The van der Waals surface area contributed by atoms with Crippen molar-refractivity contribution in [3.63, 3.8) is 0 Å². The van der Waals surface area contributed by atoms with Crippen molar-refractivity contribution in [3.05, 3.63) is 35.6 Å². The van der Waals surface area contributed by atoms with Gasteiger partial charge < -0.3 is 5.73 Å². The van der Waals surface area contributed by atoms with E-state index in [9.17, 15) is 4.39 Å². The normalized spacial score (nSPS) is 15.4. The first-order valence-corrected chi connectivity index (χ1v) is 4.66. The van der Waals surface area contributed by atoms with Crippen LogP contribution in [-0.2, 0) is 0 Å². The summed E-state index contributed by atoms with van der Waals surface area (Å²) in [7, 11) is 0. The van der Waals surface area contributed by atoms with Gasteiger partial charge in [-0.3, -0.25) is 0 Å². The predicted molar refractivity (Wildman–Crippen MR) is 52.8 cm³/mol. The van der Waals surface area contributed by atoms with Gasteiger partial charge in [0.1, 0.15) is 5.82 Å². The fraction of sp³-hybridized carbons (Fsp3) is 0.455. The molecule has 2 atom stereocenters. The van der Waals surface area contributed by atoms with Crippen molar-refractivity contribution >= 4 is 0 Å². The Morgan fingerprint density at radius 2 is 2.00 bits per heavy atom. The van der Waals surface area contributed by atoms with Gasteiger partial charge in [0.25, 0.3) is 0 Å². The van der Waals surface area contributed by atoms with Crippen molar-refractivity contribution < 1.29 is 4.39 Å². The number of rotatable bonds is 3. The molecule has 2 heteroatoms. The summed E-state index contributed by atoms with van der Waals surface area (Å²) in [6.07, 6.45) is 0.968. The lowest BCUT2D eigenvalue weighted by molar-refractivity contribution is 0.439. The highest BCUT2D eigenvalue weighted by Gasteiger charge is 2.15. The van der Waals surface area contributed by atoms with E-state index in [1.165, 1.54) is 6.07 Å². The summed E-state index contributed by atoms with van der Waals surface area (Å²) in [5, 5.41) is 0. The molecule has 0 saturated carbocycles. The van der Waals surface area contributed by atoms with Gasteiger partial charge in [0.15, 0.2) is 0 Å². The van der Waals surface area contributed by atoms with Crippen LogP contribution in [0.4, 0.5) is 4.39 Å². The van der Waals surface area contributed by atoms with Crippen LogP contribution in [0.15, 0.2) is 24.3 Å². The van der Waals surface area contributed by atoms with Gasteiger partial charge in [-0.25, -0.2) is 4.39 Å². The van der Waals surface area contributed by atoms with E-state index in [-0.39, 0.29) is 11.9 Å². The molecule has 0 fully saturated rings. The monoisotopic (exact) mass is 181 g/mol. The van der Waals surface area contributed by atoms with E-state index in [4.69, 9.17) is 5.73 Å². The van der Waals surface area contributed by atoms with Crippen molar-refractivity contribution in [1.29, 1.82) is 0 Å². The molecule has 2 N–H and O–H groups in total. The molecule has 0 bridgehead atoms. The molecule has 0 aromatic heterocycles. The molecular formula is C11H16FN. The lowest BCUT2D eigenvalue weighted by atomic mass is 9.93.